The van der Waals surface area contributed by atoms with E-state index in [0.717, 1.165) is 19.8 Å². The molecule has 0 radical (unpaired) electrons. The van der Waals surface area contributed by atoms with E-state index in [-0.39, 0.29) is 11.1 Å². The molecule has 0 saturated heterocycles. The third-order valence-electron chi connectivity index (χ3n) is 3.97. The van der Waals surface area contributed by atoms with Crippen molar-refractivity contribution in [3.63, 3.8) is 0 Å². The predicted octanol–water partition coefficient (Wildman–Crippen LogP) is 3.85. The largest absolute Gasteiger partial charge is 0.478 e. The molecule has 0 heterocycles. The Kier molecular flexibility index (Phi) is 3.13. The van der Waals surface area contributed by atoms with Crippen LogP contribution in [-0.2, 0) is 5.41 Å². The minimum atomic E-state index is -2.91. The average molecular weight is 254 g/mol. The van der Waals surface area contributed by atoms with Crippen LogP contribution in [0.1, 0.15) is 48.5 Å². The van der Waals surface area contributed by atoms with Gasteiger partial charge in [0.2, 0.25) is 0 Å². The van der Waals surface area contributed by atoms with Crippen LogP contribution in [0.2, 0.25) is 0 Å². The molecule has 1 aromatic carbocycles. The summed E-state index contributed by atoms with van der Waals surface area (Å²) < 4.78 is 28.0. The van der Waals surface area contributed by atoms with E-state index in [4.69, 9.17) is 5.11 Å². The minimum Gasteiger partial charge on any atom is -0.478 e. The van der Waals surface area contributed by atoms with Crippen LogP contribution in [0.3, 0.4) is 0 Å². The second-order valence-corrected chi connectivity index (χ2v) is 5.03. The lowest BCUT2D eigenvalue weighted by atomic mass is 9.72. The summed E-state index contributed by atoms with van der Waals surface area (Å²) in [6.45, 7) is 0.900. The number of rotatable bonds is 3. The van der Waals surface area contributed by atoms with E-state index in [1.54, 1.807) is 12.1 Å². The van der Waals surface area contributed by atoms with Gasteiger partial charge in [0, 0.05) is 6.92 Å². The molecule has 1 aliphatic rings. The van der Waals surface area contributed by atoms with Crippen LogP contribution in [-0.4, -0.2) is 17.0 Å². The first-order valence-electron chi connectivity index (χ1n) is 6.09. The Hall–Kier alpha value is -1.45. The maximum Gasteiger partial charge on any atom is 0.335 e. The third kappa shape index (κ3) is 1.89. The Labute approximate surface area is 105 Å². The van der Waals surface area contributed by atoms with Gasteiger partial charge in [-0.25, -0.2) is 13.6 Å². The van der Waals surface area contributed by atoms with Crippen molar-refractivity contribution in [2.24, 2.45) is 0 Å². The quantitative estimate of drug-likeness (QED) is 0.889. The molecule has 1 saturated carbocycles. The molecule has 0 aliphatic heterocycles. The molecule has 1 fully saturated rings. The standard InChI is InChI=1S/C14H16F2O2/c1-13(15,16)14(8-4-5-9-14)11-7-3-2-6-10(11)12(17)18/h2-3,6-7H,4-5,8-9H2,1H3,(H,17,18). The van der Waals surface area contributed by atoms with Gasteiger partial charge < -0.3 is 5.11 Å². The van der Waals surface area contributed by atoms with Gasteiger partial charge in [-0.15, -0.1) is 0 Å². The summed E-state index contributed by atoms with van der Waals surface area (Å²) in [5, 5.41) is 9.16. The highest BCUT2D eigenvalue weighted by Gasteiger charge is 2.53. The van der Waals surface area contributed by atoms with Gasteiger partial charge in [-0.2, -0.15) is 0 Å². The molecule has 1 aromatic rings. The number of carboxylic acid groups (broad SMARTS) is 1. The number of benzene rings is 1. The highest BCUT2D eigenvalue weighted by molar-refractivity contribution is 5.90. The lowest BCUT2D eigenvalue weighted by molar-refractivity contribution is -0.0602. The molecule has 98 valence electrons. The van der Waals surface area contributed by atoms with Crippen molar-refractivity contribution in [3.8, 4) is 0 Å². The van der Waals surface area contributed by atoms with E-state index < -0.39 is 17.3 Å². The first kappa shape index (κ1) is 13.0. The molecule has 18 heavy (non-hydrogen) atoms. The number of hydrogen-bond acceptors (Lipinski definition) is 1. The number of hydrogen-bond donors (Lipinski definition) is 1. The van der Waals surface area contributed by atoms with Crippen molar-refractivity contribution in [1.29, 1.82) is 0 Å². The SMILES string of the molecule is CC(F)(F)C1(c2ccccc2C(=O)O)CCCC1. The zero-order valence-corrected chi connectivity index (χ0v) is 10.2. The van der Waals surface area contributed by atoms with Crippen molar-refractivity contribution in [1.82, 2.24) is 0 Å². The molecule has 0 aromatic heterocycles. The maximum absolute atomic E-state index is 14.0. The first-order chi connectivity index (χ1) is 8.38. The van der Waals surface area contributed by atoms with Gasteiger partial charge in [-0.05, 0) is 24.5 Å². The molecule has 0 spiro atoms. The van der Waals surface area contributed by atoms with Crippen LogP contribution in [0.25, 0.3) is 0 Å². The highest BCUT2D eigenvalue weighted by Crippen LogP contribution is 2.52. The molecule has 2 rings (SSSR count). The number of alkyl halides is 2. The van der Waals surface area contributed by atoms with Crippen LogP contribution in [0.5, 0.6) is 0 Å². The smallest absolute Gasteiger partial charge is 0.335 e. The second-order valence-electron chi connectivity index (χ2n) is 5.03. The number of aromatic carboxylic acids is 1. The average Bonchev–Trinajstić information content (AvgIpc) is 2.78. The summed E-state index contributed by atoms with van der Waals surface area (Å²) in [4.78, 5) is 11.2. The van der Waals surface area contributed by atoms with Gasteiger partial charge in [0.1, 0.15) is 0 Å². The summed E-state index contributed by atoms with van der Waals surface area (Å²) in [7, 11) is 0. The summed E-state index contributed by atoms with van der Waals surface area (Å²) >= 11 is 0. The Morgan fingerprint density at radius 1 is 1.28 bits per heavy atom. The summed E-state index contributed by atoms with van der Waals surface area (Å²) in [5.41, 5.74) is -1.04. The fraction of sp³-hybridized carbons (Fsp3) is 0.500. The van der Waals surface area contributed by atoms with E-state index in [1.807, 2.05) is 0 Å². The molecule has 1 aliphatic carbocycles. The third-order valence-corrected chi connectivity index (χ3v) is 3.97. The van der Waals surface area contributed by atoms with E-state index in [0.29, 0.717) is 12.8 Å². The van der Waals surface area contributed by atoms with Gasteiger partial charge in [-0.1, -0.05) is 31.0 Å². The lowest BCUT2D eigenvalue weighted by Gasteiger charge is -2.36. The van der Waals surface area contributed by atoms with Crippen molar-refractivity contribution >= 4 is 5.97 Å². The Morgan fingerprint density at radius 2 is 1.83 bits per heavy atom. The molecule has 0 bridgehead atoms. The van der Waals surface area contributed by atoms with E-state index >= 15 is 0 Å². The molecular formula is C14H16F2O2. The molecule has 4 heteroatoms. The summed E-state index contributed by atoms with van der Waals surface area (Å²) in [5.74, 6) is -4.05. The Balaban J connectivity index is 2.61. The molecule has 0 amide bonds. The fourth-order valence-electron chi connectivity index (χ4n) is 3.01. The zero-order chi connectivity index (χ0) is 13.4. The van der Waals surface area contributed by atoms with Crippen molar-refractivity contribution in [2.45, 2.75) is 43.9 Å². The van der Waals surface area contributed by atoms with Crippen LogP contribution >= 0.6 is 0 Å². The van der Waals surface area contributed by atoms with E-state index in [9.17, 15) is 13.6 Å². The van der Waals surface area contributed by atoms with E-state index in [2.05, 4.69) is 0 Å². The predicted molar refractivity (Wildman–Crippen MR) is 64.2 cm³/mol. The van der Waals surface area contributed by atoms with Crippen molar-refractivity contribution < 1.29 is 18.7 Å². The minimum absolute atomic E-state index is 0.000856. The van der Waals surface area contributed by atoms with E-state index in [1.165, 1.54) is 12.1 Å². The van der Waals surface area contributed by atoms with Crippen molar-refractivity contribution in [3.05, 3.63) is 35.4 Å². The van der Waals surface area contributed by atoms with Crippen molar-refractivity contribution in [2.75, 3.05) is 0 Å². The zero-order valence-electron chi connectivity index (χ0n) is 10.2. The highest BCUT2D eigenvalue weighted by atomic mass is 19.3. The molecule has 1 N–H and O–H groups in total. The molecular weight excluding hydrogens is 238 g/mol. The van der Waals surface area contributed by atoms with Gasteiger partial charge in [-0.3, -0.25) is 0 Å². The summed E-state index contributed by atoms with van der Waals surface area (Å²) in [6, 6.07) is 6.15. The first-order valence-corrected chi connectivity index (χ1v) is 6.09. The number of halogens is 2. The molecule has 2 nitrogen and oxygen atoms in total. The summed E-state index contributed by atoms with van der Waals surface area (Å²) in [6.07, 6.45) is 2.14. The van der Waals surface area contributed by atoms with Crippen LogP contribution in [0.15, 0.2) is 24.3 Å². The van der Waals surface area contributed by atoms with Crippen LogP contribution in [0.4, 0.5) is 8.78 Å². The monoisotopic (exact) mass is 254 g/mol. The fourth-order valence-corrected chi connectivity index (χ4v) is 3.01. The topological polar surface area (TPSA) is 37.3 Å². The number of carbonyl (C=O) groups is 1. The van der Waals surface area contributed by atoms with Gasteiger partial charge in [0.05, 0.1) is 11.0 Å². The van der Waals surface area contributed by atoms with Crippen LogP contribution in [0, 0.1) is 0 Å². The Bertz CT molecular complexity index is 457. The maximum atomic E-state index is 14.0. The van der Waals surface area contributed by atoms with Gasteiger partial charge in [0.15, 0.2) is 0 Å². The van der Waals surface area contributed by atoms with Gasteiger partial charge in [0.25, 0.3) is 5.92 Å². The van der Waals surface area contributed by atoms with Crippen LogP contribution < -0.4 is 0 Å². The second kappa shape index (κ2) is 4.34. The Morgan fingerprint density at radius 3 is 2.33 bits per heavy atom. The molecule has 0 unspecified atom stereocenters. The lowest BCUT2D eigenvalue weighted by Crippen LogP contribution is -2.42. The molecule has 0 atom stereocenters. The normalized spacial score (nSPS) is 18.8. The number of carboxylic acids is 1. The van der Waals surface area contributed by atoms with Gasteiger partial charge >= 0.3 is 5.97 Å².